The lowest BCUT2D eigenvalue weighted by Crippen LogP contribution is -2.01. The van der Waals surface area contributed by atoms with Crippen LogP contribution in [0.25, 0.3) is 10.9 Å². The molecule has 0 aliphatic carbocycles. The average Bonchev–Trinajstić information content (AvgIpc) is 2.29. The molecule has 1 N–H and O–H groups in total. The fourth-order valence-corrected chi connectivity index (χ4v) is 1.10. The van der Waals surface area contributed by atoms with Gasteiger partial charge in [-0.15, -0.1) is 0 Å². The summed E-state index contributed by atoms with van der Waals surface area (Å²) in [4.78, 5) is 22.7. The molecule has 1 aromatic carbocycles. The minimum absolute atomic E-state index is 0.0521. The van der Waals surface area contributed by atoms with Gasteiger partial charge in [-0.25, -0.2) is 0 Å². The van der Waals surface area contributed by atoms with Crippen molar-refractivity contribution in [1.29, 1.82) is 0 Å². The molecule has 0 saturated carbocycles. The predicted molar refractivity (Wildman–Crippen MR) is 60.9 cm³/mol. The van der Waals surface area contributed by atoms with E-state index in [1.807, 2.05) is 37.3 Å². The molecule has 3 nitrogen and oxygen atoms in total. The standard InChI is InChI=1S/C9H7NO.C3H6O/c11-9-6-5-7-3-1-2-4-8(7)10-9;1-2-3-4/h1-6H,(H,10,11);3H,2H2,1H3. The lowest BCUT2D eigenvalue weighted by atomic mass is 10.2. The van der Waals surface area contributed by atoms with Crippen molar-refractivity contribution < 1.29 is 4.79 Å². The first-order chi connectivity index (χ1) is 7.27. The Hall–Kier alpha value is -1.90. The smallest absolute Gasteiger partial charge is 0.248 e. The Morgan fingerprint density at radius 3 is 2.53 bits per heavy atom. The summed E-state index contributed by atoms with van der Waals surface area (Å²) in [5, 5.41) is 1.06. The zero-order valence-electron chi connectivity index (χ0n) is 8.57. The van der Waals surface area contributed by atoms with Crippen LogP contribution in [0.15, 0.2) is 41.2 Å². The van der Waals surface area contributed by atoms with Crippen LogP contribution < -0.4 is 5.56 Å². The average molecular weight is 203 g/mol. The van der Waals surface area contributed by atoms with Gasteiger partial charge in [-0.1, -0.05) is 25.1 Å². The topological polar surface area (TPSA) is 49.9 Å². The van der Waals surface area contributed by atoms with Gasteiger partial charge in [0, 0.05) is 18.0 Å². The first-order valence-electron chi connectivity index (χ1n) is 4.79. The molecule has 0 saturated heterocycles. The monoisotopic (exact) mass is 203 g/mol. The number of H-pyrrole nitrogens is 1. The second-order valence-corrected chi connectivity index (χ2v) is 2.98. The van der Waals surface area contributed by atoms with Crippen molar-refractivity contribution in [3.8, 4) is 0 Å². The Labute approximate surface area is 87.8 Å². The van der Waals surface area contributed by atoms with Crippen LogP contribution in [0.1, 0.15) is 13.3 Å². The highest BCUT2D eigenvalue weighted by Gasteiger charge is 1.89. The van der Waals surface area contributed by atoms with Crippen LogP contribution in [0.3, 0.4) is 0 Å². The molecule has 1 heterocycles. The molecular weight excluding hydrogens is 190 g/mol. The van der Waals surface area contributed by atoms with Gasteiger partial charge >= 0.3 is 0 Å². The van der Waals surface area contributed by atoms with E-state index in [9.17, 15) is 9.59 Å². The van der Waals surface area contributed by atoms with E-state index in [0.717, 1.165) is 17.2 Å². The molecule has 0 unspecified atom stereocenters. The van der Waals surface area contributed by atoms with Crippen molar-refractivity contribution in [2.75, 3.05) is 0 Å². The molecule has 0 amide bonds. The van der Waals surface area contributed by atoms with Gasteiger partial charge in [0.05, 0.1) is 0 Å². The number of aromatic amines is 1. The van der Waals surface area contributed by atoms with Gasteiger partial charge in [0.2, 0.25) is 5.56 Å². The maximum atomic E-state index is 10.8. The van der Waals surface area contributed by atoms with Gasteiger partial charge in [-0.05, 0) is 17.5 Å². The van der Waals surface area contributed by atoms with Crippen LogP contribution in [-0.2, 0) is 4.79 Å². The minimum Gasteiger partial charge on any atom is -0.322 e. The Morgan fingerprint density at radius 2 is 1.87 bits per heavy atom. The Morgan fingerprint density at radius 1 is 1.20 bits per heavy atom. The van der Waals surface area contributed by atoms with E-state index < -0.39 is 0 Å². The summed E-state index contributed by atoms with van der Waals surface area (Å²) in [5.41, 5.74) is 0.837. The second-order valence-electron chi connectivity index (χ2n) is 2.98. The molecule has 2 rings (SSSR count). The Bertz CT molecular complexity index is 488. The fourth-order valence-electron chi connectivity index (χ4n) is 1.10. The molecule has 15 heavy (non-hydrogen) atoms. The number of aromatic nitrogens is 1. The Balaban J connectivity index is 0.000000245. The molecule has 1 aromatic heterocycles. The van der Waals surface area contributed by atoms with Gasteiger partial charge in [0.15, 0.2) is 0 Å². The molecule has 0 spiro atoms. The number of carbonyl (C=O) groups excluding carboxylic acids is 1. The molecule has 0 aliphatic heterocycles. The molecule has 2 aromatic rings. The lowest BCUT2D eigenvalue weighted by Gasteiger charge is -1.93. The highest BCUT2D eigenvalue weighted by Crippen LogP contribution is 2.06. The molecule has 0 radical (unpaired) electrons. The van der Waals surface area contributed by atoms with E-state index in [4.69, 9.17) is 0 Å². The van der Waals surface area contributed by atoms with Gasteiger partial charge < -0.3 is 9.78 Å². The van der Waals surface area contributed by atoms with E-state index in [0.29, 0.717) is 6.42 Å². The van der Waals surface area contributed by atoms with Crippen LogP contribution >= 0.6 is 0 Å². The van der Waals surface area contributed by atoms with E-state index in [2.05, 4.69) is 4.98 Å². The lowest BCUT2D eigenvalue weighted by molar-refractivity contribution is -0.107. The van der Waals surface area contributed by atoms with Crippen LogP contribution in [0, 0.1) is 0 Å². The third kappa shape index (κ3) is 3.38. The van der Waals surface area contributed by atoms with Crippen molar-refractivity contribution in [3.63, 3.8) is 0 Å². The third-order valence-electron chi connectivity index (χ3n) is 1.80. The summed E-state index contributed by atoms with van der Waals surface area (Å²) < 4.78 is 0. The molecule has 3 heteroatoms. The third-order valence-corrected chi connectivity index (χ3v) is 1.80. The first kappa shape index (κ1) is 11.2. The summed E-state index contributed by atoms with van der Waals surface area (Å²) in [5.74, 6) is 0. The second kappa shape index (κ2) is 5.75. The summed E-state index contributed by atoms with van der Waals surface area (Å²) in [6.45, 7) is 1.81. The molecule has 0 fully saturated rings. The summed E-state index contributed by atoms with van der Waals surface area (Å²) in [6.07, 6.45) is 1.51. The van der Waals surface area contributed by atoms with Crippen molar-refractivity contribution in [3.05, 3.63) is 46.8 Å². The van der Waals surface area contributed by atoms with E-state index in [1.54, 1.807) is 0 Å². The first-order valence-corrected chi connectivity index (χ1v) is 4.79. The highest BCUT2D eigenvalue weighted by molar-refractivity contribution is 5.77. The minimum atomic E-state index is -0.0521. The van der Waals surface area contributed by atoms with E-state index in [1.165, 1.54) is 6.07 Å². The number of nitrogens with one attached hydrogen (secondary N) is 1. The fraction of sp³-hybridized carbons (Fsp3) is 0.167. The number of para-hydroxylation sites is 1. The number of pyridine rings is 1. The molecular formula is C12H13NO2. The number of hydrogen-bond donors (Lipinski definition) is 1. The Kier molecular flexibility index (Phi) is 4.29. The van der Waals surface area contributed by atoms with Gasteiger partial charge in [-0.2, -0.15) is 0 Å². The largest absolute Gasteiger partial charge is 0.322 e. The van der Waals surface area contributed by atoms with Crippen LogP contribution in [0.5, 0.6) is 0 Å². The molecule has 78 valence electrons. The summed E-state index contributed by atoms with van der Waals surface area (Å²) in [6, 6.07) is 11.0. The van der Waals surface area contributed by atoms with Crippen molar-refractivity contribution >= 4 is 17.2 Å². The zero-order chi connectivity index (χ0) is 11.1. The number of aldehydes is 1. The normalized spacial score (nSPS) is 9.13. The molecule has 0 aliphatic rings. The number of benzene rings is 1. The number of carbonyl (C=O) groups is 1. The number of fused-ring (bicyclic) bond motifs is 1. The van der Waals surface area contributed by atoms with E-state index >= 15 is 0 Å². The summed E-state index contributed by atoms with van der Waals surface area (Å²) in [7, 11) is 0. The maximum absolute atomic E-state index is 10.8. The maximum Gasteiger partial charge on any atom is 0.248 e. The zero-order valence-corrected chi connectivity index (χ0v) is 8.57. The van der Waals surface area contributed by atoms with Crippen molar-refractivity contribution in [1.82, 2.24) is 4.98 Å². The van der Waals surface area contributed by atoms with Crippen molar-refractivity contribution in [2.24, 2.45) is 0 Å². The highest BCUT2D eigenvalue weighted by atomic mass is 16.1. The van der Waals surface area contributed by atoms with Crippen LogP contribution in [0.4, 0.5) is 0 Å². The quantitative estimate of drug-likeness (QED) is 0.722. The van der Waals surface area contributed by atoms with Crippen LogP contribution in [-0.4, -0.2) is 11.3 Å². The number of hydrogen-bond acceptors (Lipinski definition) is 2. The van der Waals surface area contributed by atoms with Gasteiger partial charge in [0.25, 0.3) is 0 Å². The predicted octanol–water partition coefficient (Wildman–Crippen LogP) is 2.12. The van der Waals surface area contributed by atoms with E-state index in [-0.39, 0.29) is 5.56 Å². The number of rotatable bonds is 1. The summed E-state index contributed by atoms with van der Waals surface area (Å²) >= 11 is 0. The van der Waals surface area contributed by atoms with Crippen LogP contribution in [0.2, 0.25) is 0 Å². The molecule has 0 bridgehead atoms. The van der Waals surface area contributed by atoms with Gasteiger partial charge in [-0.3, -0.25) is 4.79 Å². The molecule has 0 atom stereocenters. The van der Waals surface area contributed by atoms with Gasteiger partial charge in [0.1, 0.15) is 6.29 Å². The van der Waals surface area contributed by atoms with Crippen molar-refractivity contribution in [2.45, 2.75) is 13.3 Å². The SMILES string of the molecule is CCC=O.O=c1ccc2ccccc2[nH]1.